The predicted octanol–water partition coefficient (Wildman–Crippen LogP) is 2.08. The molecular formula is C22H31N3O4. The van der Waals surface area contributed by atoms with Crippen molar-refractivity contribution in [3.05, 3.63) is 46.7 Å². The van der Waals surface area contributed by atoms with Gasteiger partial charge in [0.15, 0.2) is 5.78 Å². The van der Waals surface area contributed by atoms with Crippen LogP contribution in [-0.4, -0.2) is 44.4 Å². The van der Waals surface area contributed by atoms with Gasteiger partial charge in [-0.3, -0.25) is 14.4 Å². The molecule has 1 aromatic rings. The molecular weight excluding hydrogens is 370 g/mol. The number of carbonyl (C=O) groups excluding carboxylic acids is 3. The summed E-state index contributed by atoms with van der Waals surface area (Å²) >= 11 is 0. The standard InChI is InChI=1S/C22H31N3O4/c1-16(26)24-12-5-13-29-15-21(27)25-14-17-8-10-18(11-9-17)22(28)19-6-3-4-7-20(19)23-2/h8-11,23H,3-7,12-15H2,1-2H3,(H,24,26)(H,25,27). The molecule has 3 N–H and O–H groups in total. The van der Waals surface area contributed by atoms with Crippen molar-refractivity contribution in [3.8, 4) is 0 Å². The summed E-state index contributed by atoms with van der Waals surface area (Å²) in [6.07, 6.45) is 4.57. The Bertz CT molecular complexity index is 741. The van der Waals surface area contributed by atoms with E-state index in [-0.39, 0.29) is 24.2 Å². The van der Waals surface area contributed by atoms with Gasteiger partial charge in [0.05, 0.1) is 0 Å². The first-order chi connectivity index (χ1) is 14.0. The van der Waals surface area contributed by atoms with Crippen LogP contribution in [0, 0.1) is 0 Å². The fourth-order valence-electron chi connectivity index (χ4n) is 3.24. The van der Waals surface area contributed by atoms with Crippen LogP contribution in [0.3, 0.4) is 0 Å². The number of carbonyl (C=O) groups is 3. The zero-order valence-electron chi connectivity index (χ0n) is 17.3. The van der Waals surface area contributed by atoms with Crippen LogP contribution in [-0.2, 0) is 20.9 Å². The smallest absolute Gasteiger partial charge is 0.246 e. The molecule has 0 saturated heterocycles. The molecule has 1 aliphatic rings. The molecule has 1 aliphatic carbocycles. The summed E-state index contributed by atoms with van der Waals surface area (Å²) in [6, 6.07) is 7.36. The first-order valence-corrected chi connectivity index (χ1v) is 10.1. The lowest BCUT2D eigenvalue weighted by atomic mass is 9.90. The molecule has 2 amide bonds. The van der Waals surface area contributed by atoms with Gasteiger partial charge < -0.3 is 20.7 Å². The van der Waals surface area contributed by atoms with E-state index in [1.54, 1.807) is 0 Å². The Balaban J connectivity index is 1.75. The van der Waals surface area contributed by atoms with Crippen molar-refractivity contribution >= 4 is 17.6 Å². The topological polar surface area (TPSA) is 96.5 Å². The van der Waals surface area contributed by atoms with Crippen LogP contribution in [0.5, 0.6) is 0 Å². The Morgan fingerprint density at radius 2 is 1.76 bits per heavy atom. The molecule has 0 bridgehead atoms. The average molecular weight is 402 g/mol. The highest BCUT2D eigenvalue weighted by molar-refractivity contribution is 6.09. The van der Waals surface area contributed by atoms with E-state index < -0.39 is 0 Å². The molecule has 0 fully saturated rings. The normalized spacial score (nSPS) is 13.7. The average Bonchev–Trinajstić information content (AvgIpc) is 2.74. The first-order valence-electron chi connectivity index (χ1n) is 10.1. The molecule has 0 atom stereocenters. The number of Topliss-reactive ketones (excluding diaryl/α,β-unsaturated/α-hetero) is 1. The minimum Gasteiger partial charge on any atom is -0.391 e. The van der Waals surface area contributed by atoms with Crippen molar-refractivity contribution < 1.29 is 19.1 Å². The van der Waals surface area contributed by atoms with Gasteiger partial charge in [0, 0.05) is 50.5 Å². The van der Waals surface area contributed by atoms with Crippen LogP contribution in [0.4, 0.5) is 0 Å². The highest BCUT2D eigenvalue weighted by Crippen LogP contribution is 2.25. The molecule has 0 aromatic heterocycles. The van der Waals surface area contributed by atoms with E-state index in [9.17, 15) is 14.4 Å². The van der Waals surface area contributed by atoms with E-state index in [1.807, 2.05) is 31.3 Å². The number of ketones is 1. The summed E-state index contributed by atoms with van der Waals surface area (Å²) in [4.78, 5) is 35.3. The number of hydrogen-bond donors (Lipinski definition) is 3. The molecule has 0 heterocycles. The Kier molecular flexibility index (Phi) is 9.37. The summed E-state index contributed by atoms with van der Waals surface area (Å²) < 4.78 is 5.29. The maximum atomic E-state index is 12.8. The lowest BCUT2D eigenvalue weighted by Gasteiger charge is -2.19. The number of rotatable bonds is 11. The van der Waals surface area contributed by atoms with Crippen molar-refractivity contribution in [2.75, 3.05) is 26.8 Å². The maximum Gasteiger partial charge on any atom is 0.246 e. The van der Waals surface area contributed by atoms with Gasteiger partial charge in [-0.25, -0.2) is 0 Å². The lowest BCUT2D eigenvalue weighted by molar-refractivity contribution is -0.126. The van der Waals surface area contributed by atoms with E-state index >= 15 is 0 Å². The van der Waals surface area contributed by atoms with Gasteiger partial charge in [-0.15, -0.1) is 0 Å². The second-order valence-corrected chi connectivity index (χ2v) is 7.11. The fraction of sp³-hybridized carbons (Fsp3) is 0.500. The summed E-state index contributed by atoms with van der Waals surface area (Å²) in [5.41, 5.74) is 3.53. The number of allylic oxidation sites excluding steroid dienone is 2. The van der Waals surface area contributed by atoms with E-state index in [2.05, 4.69) is 16.0 Å². The van der Waals surface area contributed by atoms with Crippen molar-refractivity contribution in [3.63, 3.8) is 0 Å². The molecule has 158 valence electrons. The van der Waals surface area contributed by atoms with Crippen LogP contribution in [0.2, 0.25) is 0 Å². The van der Waals surface area contributed by atoms with Gasteiger partial charge in [0.1, 0.15) is 6.61 Å². The number of benzene rings is 1. The van der Waals surface area contributed by atoms with Crippen LogP contribution in [0.25, 0.3) is 0 Å². The number of amides is 2. The van der Waals surface area contributed by atoms with Gasteiger partial charge >= 0.3 is 0 Å². The molecule has 0 spiro atoms. The Morgan fingerprint density at radius 1 is 1.03 bits per heavy atom. The van der Waals surface area contributed by atoms with Crippen molar-refractivity contribution in [1.29, 1.82) is 0 Å². The second kappa shape index (κ2) is 12.0. The zero-order chi connectivity index (χ0) is 21.1. The van der Waals surface area contributed by atoms with Gasteiger partial charge in [-0.2, -0.15) is 0 Å². The Morgan fingerprint density at radius 3 is 2.45 bits per heavy atom. The Hall–Kier alpha value is -2.67. The summed E-state index contributed by atoms with van der Waals surface area (Å²) in [5, 5.41) is 8.63. The third-order valence-electron chi connectivity index (χ3n) is 4.82. The molecule has 7 nitrogen and oxygen atoms in total. The van der Waals surface area contributed by atoms with E-state index in [0.717, 1.165) is 42.5 Å². The second-order valence-electron chi connectivity index (χ2n) is 7.11. The SMILES string of the molecule is CNC1=C(C(=O)c2ccc(CNC(=O)COCCCNC(C)=O)cc2)CCCC1. The first kappa shape index (κ1) is 22.6. The van der Waals surface area contributed by atoms with E-state index in [0.29, 0.717) is 31.7 Å². The molecule has 1 aromatic carbocycles. The predicted molar refractivity (Wildman–Crippen MR) is 111 cm³/mol. The van der Waals surface area contributed by atoms with E-state index in [1.165, 1.54) is 6.92 Å². The van der Waals surface area contributed by atoms with Crippen LogP contribution >= 0.6 is 0 Å². The number of nitrogens with one attached hydrogen (secondary N) is 3. The highest BCUT2D eigenvalue weighted by atomic mass is 16.5. The third kappa shape index (κ3) is 7.69. The fourth-order valence-corrected chi connectivity index (χ4v) is 3.24. The van der Waals surface area contributed by atoms with Gasteiger partial charge in [-0.05, 0) is 37.7 Å². The molecule has 0 saturated carbocycles. The summed E-state index contributed by atoms with van der Waals surface area (Å²) in [7, 11) is 1.87. The van der Waals surface area contributed by atoms with Crippen molar-refractivity contribution in [1.82, 2.24) is 16.0 Å². The van der Waals surface area contributed by atoms with Gasteiger partial charge in [-0.1, -0.05) is 24.3 Å². The molecule has 29 heavy (non-hydrogen) atoms. The quantitative estimate of drug-likeness (QED) is 0.390. The molecule has 0 radical (unpaired) electrons. The number of hydrogen-bond acceptors (Lipinski definition) is 5. The Labute approximate surface area is 172 Å². The highest BCUT2D eigenvalue weighted by Gasteiger charge is 2.19. The number of ether oxygens (including phenoxy) is 1. The monoisotopic (exact) mass is 401 g/mol. The minimum atomic E-state index is -0.198. The molecule has 7 heteroatoms. The van der Waals surface area contributed by atoms with Crippen LogP contribution < -0.4 is 16.0 Å². The van der Waals surface area contributed by atoms with Crippen LogP contribution in [0.1, 0.15) is 54.9 Å². The molecule has 0 aliphatic heterocycles. The maximum absolute atomic E-state index is 12.8. The lowest BCUT2D eigenvalue weighted by Crippen LogP contribution is -2.28. The molecule has 2 rings (SSSR count). The van der Waals surface area contributed by atoms with Gasteiger partial charge in [0.25, 0.3) is 0 Å². The summed E-state index contributed by atoms with van der Waals surface area (Å²) in [6.45, 7) is 2.78. The zero-order valence-corrected chi connectivity index (χ0v) is 17.3. The third-order valence-corrected chi connectivity index (χ3v) is 4.82. The molecule has 0 unspecified atom stereocenters. The van der Waals surface area contributed by atoms with Crippen molar-refractivity contribution in [2.45, 2.75) is 45.6 Å². The largest absolute Gasteiger partial charge is 0.391 e. The van der Waals surface area contributed by atoms with Gasteiger partial charge in [0.2, 0.25) is 11.8 Å². The van der Waals surface area contributed by atoms with E-state index in [4.69, 9.17) is 4.74 Å². The van der Waals surface area contributed by atoms with Crippen molar-refractivity contribution in [2.24, 2.45) is 0 Å². The minimum absolute atomic E-state index is 0.0163. The van der Waals surface area contributed by atoms with Crippen LogP contribution in [0.15, 0.2) is 35.5 Å². The summed E-state index contributed by atoms with van der Waals surface area (Å²) in [5.74, 6) is -0.193.